The lowest BCUT2D eigenvalue weighted by Crippen LogP contribution is -2.18. The third kappa shape index (κ3) is 6.32. The molecule has 0 rings (SSSR count). The fourth-order valence-electron chi connectivity index (χ4n) is 1.17. The molecule has 2 nitrogen and oxygen atoms in total. The average Bonchev–Trinajstić information content (AvgIpc) is 1.87. The lowest BCUT2D eigenvalue weighted by Gasteiger charge is -2.16. The first-order valence-electron chi connectivity index (χ1n) is 4.43. The second-order valence-electron chi connectivity index (χ2n) is 2.77. The molecule has 0 spiro atoms. The van der Waals surface area contributed by atoms with Crippen LogP contribution < -0.4 is 0 Å². The van der Waals surface area contributed by atoms with Gasteiger partial charge in [-0.2, -0.15) is 0 Å². The van der Waals surface area contributed by atoms with Crippen LogP contribution in [0.4, 0.5) is 0 Å². The summed E-state index contributed by atoms with van der Waals surface area (Å²) in [5.74, 6) is 0. The quantitative estimate of drug-likeness (QED) is 0.593. The predicted molar refractivity (Wildman–Crippen MR) is 46.8 cm³/mol. The van der Waals surface area contributed by atoms with Crippen LogP contribution in [0.15, 0.2) is 0 Å². The van der Waals surface area contributed by atoms with Crippen molar-refractivity contribution in [1.82, 2.24) is 0 Å². The fourth-order valence-corrected chi connectivity index (χ4v) is 1.17. The van der Waals surface area contributed by atoms with Crippen molar-refractivity contribution >= 4 is 0 Å². The van der Waals surface area contributed by atoms with Gasteiger partial charge in [0.1, 0.15) is 0 Å². The highest BCUT2D eigenvalue weighted by Gasteiger charge is 2.07. The largest absolute Gasteiger partial charge is 0.379 e. The molecule has 0 heterocycles. The molecule has 0 amide bonds. The Hall–Kier alpha value is -0.0800. The van der Waals surface area contributed by atoms with Crippen molar-refractivity contribution in [3.63, 3.8) is 0 Å². The van der Waals surface area contributed by atoms with E-state index in [1.165, 1.54) is 0 Å². The van der Waals surface area contributed by atoms with Crippen LogP contribution in [0.3, 0.4) is 0 Å². The monoisotopic (exact) mass is 160 g/mol. The van der Waals surface area contributed by atoms with E-state index < -0.39 is 0 Å². The summed E-state index contributed by atoms with van der Waals surface area (Å²) in [6.45, 7) is 9.78. The van der Waals surface area contributed by atoms with Gasteiger partial charge in [-0.15, -0.1) is 0 Å². The standard InChI is InChI=1S/C9H20O2/c1-5-10-8(3)7-9(4)11-6-2/h8-9H,5-7H2,1-4H3. The molecular weight excluding hydrogens is 140 g/mol. The summed E-state index contributed by atoms with van der Waals surface area (Å²) in [6, 6.07) is 0. The number of hydrogen-bond donors (Lipinski definition) is 0. The van der Waals surface area contributed by atoms with E-state index >= 15 is 0 Å². The average molecular weight is 160 g/mol. The van der Waals surface area contributed by atoms with Gasteiger partial charge < -0.3 is 9.47 Å². The highest BCUT2D eigenvalue weighted by atomic mass is 16.5. The van der Waals surface area contributed by atoms with Gasteiger partial charge in [-0.25, -0.2) is 0 Å². The smallest absolute Gasteiger partial charge is 0.0571 e. The predicted octanol–water partition coefficient (Wildman–Crippen LogP) is 2.23. The molecule has 0 aliphatic carbocycles. The molecule has 0 bridgehead atoms. The topological polar surface area (TPSA) is 18.5 Å². The molecule has 2 atom stereocenters. The SMILES string of the molecule is CCOC(C)CC(C)OCC. The molecule has 2 unspecified atom stereocenters. The first-order chi connectivity index (χ1) is 5.20. The van der Waals surface area contributed by atoms with Gasteiger partial charge in [0.15, 0.2) is 0 Å². The Morgan fingerprint density at radius 1 is 0.909 bits per heavy atom. The van der Waals surface area contributed by atoms with Crippen LogP contribution >= 0.6 is 0 Å². The fraction of sp³-hybridized carbons (Fsp3) is 1.00. The molecule has 0 saturated heterocycles. The molecule has 0 aromatic heterocycles. The number of hydrogen-bond acceptors (Lipinski definition) is 2. The molecule has 0 radical (unpaired) electrons. The second-order valence-corrected chi connectivity index (χ2v) is 2.77. The van der Waals surface area contributed by atoms with Gasteiger partial charge in [-0.1, -0.05) is 0 Å². The number of ether oxygens (including phenoxy) is 2. The minimum absolute atomic E-state index is 0.321. The Labute approximate surface area is 69.9 Å². The zero-order valence-corrected chi connectivity index (χ0v) is 8.09. The zero-order chi connectivity index (χ0) is 8.69. The third-order valence-corrected chi connectivity index (χ3v) is 1.57. The molecule has 0 aliphatic rings. The molecule has 11 heavy (non-hydrogen) atoms. The van der Waals surface area contributed by atoms with Crippen molar-refractivity contribution in [2.24, 2.45) is 0 Å². The maximum Gasteiger partial charge on any atom is 0.0571 e. The van der Waals surface area contributed by atoms with Gasteiger partial charge in [0.05, 0.1) is 12.2 Å². The van der Waals surface area contributed by atoms with Crippen LogP contribution in [0.2, 0.25) is 0 Å². The molecule has 0 N–H and O–H groups in total. The van der Waals surface area contributed by atoms with E-state index in [-0.39, 0.29) is 0 Å². The maximum absolute atomic E-state index is 5.38. The van der Waals surface area contributed by atoms with Crippen molar-refractivity contribution in [1.29, 1.82) is 0 Å². The van der Waals surface area contributed by atoms with E-state index in [9.17, 15) is 0 Å². The van der Waals surface area contributed by atoms with Crippen molar-refractivity contribution in [3.05, 3.63) is 0 Å². The Morgan fingerprint density at radius 2 is 1.27 bits per heavy atom. The van der Waals surface area contributed by atoms with E-state index in [1.54, 1.807) is 0 Å². The van der Waals surface area contributed by atoms with Crippen LogP contribution in [-0.2, 0) is 9.47 Å². The highest BCUT2D eigenvalue weighted by molar-refractivity contribution is 4.56. The van der Waals surface area contributed by atoms with Gasteiger partial charge in [-0.05, 0) is 34.1 Å². The number of rotatable bonds is 6. The second kappa shape index (κ2) is 6.62. The third-order valence-electron chi connectivity index (χ3n) is 1.57. The van der Waals surface area contributed by atoms with Crippen LogP contribution in [0, 0.1) is 0 Å². The van der Waals surface area contributed by atoms with Crippen molar-refractivity contribution in [3.8, 4) is 0 Å². The molecule has 0 aliphatic heterocycles. The summed E-state index contributed by atoms with van der Waals surface area (Å²) in [7, 11) is 0. The molecule has 0 saturated carbocycles. The Kier molecular flexibility index (Phi) is 6.57. The van der Waals surface area contributed by atoms with Crippen molar-refractivity contribution < 1.29 is 9.47 Å². The van der Waals surface area contributed by atoms with E-state index in [0.717, 1.165) is 19.6 Å². The van der Waals surface area contributed by atoms with Crippen LogP contribution in [0.1, 0.15) is 34.1 Å². The van der Waals surface area contributed by atoms with E-state index in [1.807, 2.05) is 13.8 Å². The summed E-state index contributed by atoms with van der Waals surface area (Å²) >= 11 is 0. The minimum Gasteiger partial charge on any atom is -0.379 e. The van der Waals surface area contributed by atoms with E-state index in [2.05, 4.69) is 13.8 Å². The molecule has 0 aromatic carbocycles. The summed E-state index contributed by atoms with van der Waals surface area (Å²) < 4.78 is 10.8. The van der Waals surface area contributed by atoms with E-state index in [4.69, 9.17) is 9.47 Å². The Morgan fingerprint density at radius 3 is 1.55 bits per heavy atom. The van der Waals surface area contributed by atoms with Gasteiger partial charge in [-0.3, -0.25) is 0 Å². The summed E-state index contributed by atoms with van der Waals surface area (Å²) in [6.07, 6.45) is 1.63. The lowest BCUT2D eigenvalue weighted by atomic mass is 10.2. The molecule has 0 aromatic rings. The van der Waals surface area contributed by atoms with Gasteiger partial charge in [0, 0.05) is 13.2 Å². The normalized spacial score (nSPS) is 16.4. The maximum atomic E-state index is 5.38. The molecule has 0 fully saturated rings. The van der Waals surface area contributed by atoms with Gasteiger partial charge in [0.2, 0.25) is 0 Å². The Balaban J connectivity index is 3.32. The minimum atomic E-state index is 0.321. The van der Waals surface area contributed by atoms with Crippen LogP contribution in [0.5, 0.6) is 0 Å². The zero-order valence-electron chi connectivity index (χ0n) is 8.09. The molecular formula is C9H20O2. The van der Waals surface area contributed by atoms with Crippen molar-refractivity contribution in [2.45, 2.75) is 46.3 Å². The lowest BCUT2D eigenvalue weighted by molar-refractivity contribution is 0.00531. The van der Waals surface area contributed by atoms with Crippen molar-refractivity contribution in [2.75, 3.05) is 13.2 Å². The molecule has 68 valence electrons. The van der Waals surface area contributed by atoms with Gasteiger partial charge >= 0.3 is 0 Å². The van der Waals surface area contributed by atoms with E-state index in [0.29, 0.717) is 12.2 Å². The molecule has 2 heteroatoms. The first kappa shape index (κ1) is 10.9. The van der Waals surface area contributed by atoms with Crippen LogP contribution in [0.25, 0.3) is 0 Å². The summed E-state index contributed by atoms with van der Waals surface area (Å²) in [4.78, 5) is 0. The van der Waals surface area contributed by atoms with Crippen LogP contribution in [-0.4, -0.2) is 25.4 Å². The Bertz CT molecular complexity index is 73.6. The first-order valence-corrected chi connectivity index (χ1v) is 4.43. The highest BCUT2D eigenvalue weighted by Crippen LogP contribution is 2.04. The van der Waals surface area contributed by atoms with Gasteiger partial charge in [0.25, 0.3) is 0 Å². The summed E-state index contributed by atoms with van der Waals surface area (Å²) in [5.41, 5.74) is 0. The summed E-state index contributed by atoms with van der Waals surface area (Å²) in [5, 5.41) is 0.